The first kappa shape index (κ1) is 18.7. The molecule has 0 fully saturated rings. The summed E-state index contributed by atoms with van der Waals surface area (Å²) in [6, 6.07) is 0. The summed E-state index contributed by atoms with van der Waals surface area (Å²) in [5.41, 5.74) is -0.701. The maximum absolute atomic E-state index is 6.29. The van der Waals surface area contributed by atoms with Crippen LogP contribution in [0, 0.1) is 0 Å². The fourth-order valence-corrected chi connectivity index (χ4v) is 11.3. The third kappa shape index (κ3) is 8.72. The van der Waals surface area contributed by atoms with Gasteiger partial charge in [0.25, 0.3) is 0 Å². The molecular weight excluding hydrogens is 335 g/mol. The van der Waals surface area contributed by atoms with Crippen LogP contribution in [0.1, 0.15) is 69.2 Å². The summed E-state index contributed by atoms with van der Waals surface area (Å²) in [5.74, 6) is 0. The summed E-state index contributed by atoms with van der Waals surface area (Å²) in [4.78, 5) is 0. The van der Waals surface area contributed by atoms with Gasteiger partial charge in [-0.05, 0) is 0 Å². The van der Waals surface area contributed by atoms with Crippen LogP contribution in [0.3, 0.4) is 0 Å². The van der Waals surface area contributed by atoms with Gasteiger partial charge < -0.3 is 0 Å². The Hall–Kier alpha value is 0.679. The standard InChI is InChI=1S/3C4H9O.C2H5.Sn/c3*1-4(2,3)5;1-2;/h3*1-3H3;1H2,2H3;/q3*-1;;+3. The Kier molecular flexibility index (Phi) is 6.20. The monoisotopic (exact) mass is 368 g/mol. The van der Waals surface area contributed by atoms with Gasteiger partial charge in [-0.15, -0.1) is 0 Å². The van der Waals surface area contributed by atoms with Crippen molar-refractivity contribution in [2.24, 2.45) is 0 Å². The van der Waals surface area contributed by atoms with Gasteiger partial charge in [-0.25, -0.2) is 0 Å². The minimum atomic E-state index is -3.53. The van der Waals surface area contributed by atoms with E-state index in [1.165, 1.54) is 0 Å². The topological polar surface area (TPSA) is 27.7 Å². The molecule has 0 N–H and O–H groups in total. The van der Waals surface area contributed by atoms with Gasteiger partial charge in [0.1, 0.15) is 0 Å². The first-order chi connectivity index (χ1) is 7.68. The third-order valence-corrected chi connectivity index (χ3v) is 12.2. The second-order valence-corrected chi connectivity index (χ2v) is 15.3. The second-order valence-electron chi connectivity index (χ2n) is 7.68. The summed E-state index contributed by atoms with van der Waals surface area (Å²) >= 11 is -3.53. The van der Waals surface area contributed by atoms with E-state index in [-0.39, 0.29) is 16.8 Å². The molecule has 0 amide bonds. The Morgan fingerprint density at radius 1 is 0.611 bits per heavy atom. The predicted octanol–water partition coefficient (Wildman–Crippen LogP) is 4.39. The van der Waals surface area contributed by atoms with Crippen molar-refractivity contribution in [3.8, 4) is 0 Å². The second kappa shape index (κ2) is 5.98. The van der Waals surface area contributed by atoms with E-state index in [1.807, 2.05) is 0 Å². The molecule has 0 aliphatic heterocycles. The molecule has 4 heteroatoms. The van der Waals surface area contributed by atoms with E-state index in [1.54, 1.807) is 0 Å². The van der Waals surface area contributed by atoms with Crippen LogP contribution in [-0.4, -0.2) is 36.4 Å². The molecule has 0 atom stereocenters. The summed E-state index contributed by atoms with van der Waals surface area (Å²) < 4.78 is 19.7. The van der Waals surface area contributed by atoms with Crippen LogP contribution in [-0.2, 0) is 9.22 Å². The van der Waals surface area contributed by atoms with Gasteiger partial charge in [0, 0.05) is 0 Å². The van der Waals surface area contributed by atoms with Crippen molar-refractivity contribution in [2.45, 2.75) is 90.5 Å². The first-order valence-corrected chi connectivity index (χ1v) is 12.3. The maximum atomic E-state index is 6.29. The molecule has 0 radical (unpaired) electrons. The van der Waals surface area contributed by atoms with Crippen molar-refractivity contribution in [1.82, 2.24) is 0 Å². The number of hydrogen-bond donors (Lipinski definition) is 0. The fraction of sp³-hybridized carbons (Fsp3) is 1.00. The van der Waals surface area contributed by atoms with E-state index in [9.17, 15) is 0 Å². The molecule has 0 aromatic heterocycles. The van der Waals surface area contributed by atoms with Crippen LogP contribution in [0.4, 0.5) is 0 Å². The van der Waals surface area contributed by atoms with Crippen LogP contribution in [0.25, 0.3) is 0 Å². The van der Waals surface area contributed by atoms with Gasteiger partial charge in [0.15, 0.2) is 0 Å². The van der Waals surface area contributed by atoms with Gasteiger partial charge in [0.2, 0.25) is 0 Å². The van der Waals surface area contributed by atoms with Crippen LogP contribution in [0.15, 0.2) is 0 Å². The zero-order chi connectivity index (χ0) is 14.8. The van der Waals surface area contributed by atoms with E-state index >= 15 is 0 Å². The first-order valence-electron chi connectivity index (χ1n) is 6.79. The van der Waals surface area contributed by atoms with E-state index < -0.39 is 19.6 Å². The van der Waals surface area contributed by atoms with Gasteiger partial charge >= 0.3 is 119 Å². The Bertz CT molecular complexity index is 215. The molecule has 0 spiro atoms. The zero-order valence-corrected chi connectivity index (χ0v) is 16.8. The SMILES string of the molecule is C[CH2][Sn]([O]C(C)(C)C)([O]C(C)(C)C)[O]C(C)(C)C. The van der Waals surface area contributed by atoms with Crippen molar-refractivity contribution in [1.29, 1.82) is 0 Å². The van der Waals surface area contributed by atoms with E-state index in [0.717, 1.165) is 4.44 Å². The van der Waals surface area contributed by atoms with E-state index in [4.69, 9.17) is 9.22 Å². The fourth-order valence-electron chi connectivity index (χ4n) is 1.68. The molecule has 0 saturated heterocycles. The zero-order valence-electron chi connectivity index (χ0n) is 13.9. The van der Waals surface area contributed by atoms with Crippen molar-refractivity contribution < 1.29 is 9.22 Å². The summed E-state index contributed by atoms with van der Waals surface area (Å²) in [7, 11) is 0. The average Bonchev–Trinajstić information content (AvgIpc) is 1.93. The van der Waals surface area contributed by atoms with Crippen LogP contribution >= 0.6 is 0 Å². The molecule has 0 aliphatic carbocycles. The molecule has 0 unspecified atom stereocenters. The molecule has 3 nitrogen and oxygen atoms in total. The van der Waals surface area contributed by atoms with Crippen molar-refractivity contribution >= 4 is 19.6 Å². The Morgan fingerprint density at radius 3 is 0.944 bits per heavy atom. The molecule has 0 rings (SSSR count). The summed E-state index contributed by atoms with van der Waals surface area (Å²) in [6.07, 6.45) is 0. The Morgan fingerprint density at radius 2 is 0.833 bits per heavy atom. The molecular formula is C14H32O3Sn. The van der Waals surface area contributed by atoms with Gasteiger partial charge in [-0.1, -0.05) is 0 Å². The molecule has 0 bridgehead atoms. The summed E-state index contributed by atoms with van der Waals surface area (Å²) in [5, 5.41) is 0. The number of hydrogen-bond acceptors (Lipinski definition) is 3. The Balaban J connectivity index is 5.20. The normalized spacial score (nSPS) is 15.0. The van der Waals surface area contributed by atoms with Gasteiger partial charge in [-0.3, -0.25) is 0 Å². The van der Waals surface area contributed by atoms with Crippen LogP contribution in [0.5, 0.6) is 0 Å². The molecule has 110 valence electrons. The Labute approximate surface area is 119 Å². The van der Waals surface area contributed by atoms with E-state index in [2.05, 4.69) is 69.2 Å². The van der Waals surface area contributed by atoms with Gasteiger partial charge in [-0.2, -0.15) is 0 Å². The third-order valence-electron chi connectivity index (χ3n) is 1.82. The molecule has 0 saturated carbocycles. The molecule has 0 aliphatic rings. The van der Waals surface area contributed by atoms with Crippen molar-refractivity contribution in [2.75, 3.05) is 0 Å². The molecule has 0 aromatic rings. The number of rotatable bonds is 4. The average molecular weight is 367 g/mol. The van der Waals surface area contributed by atoms with Crippen LogP contribution < -0.4 is 0 Å². The minimum absolute atomic E-state index is 0.234. The van der Waals surface area contributed by atoms with Crippen LogP contribution in [0.2, 0.25) is 4.44 Å². The molecule has 0 heterocycles. The predicted molar refractivity (Wildman–Crippen MR) is 78.7 cm³/mol. The quantitative estimate of drug-likeness (QED) is 0.690. The van der Waals surface area contributed by atoms with Gasteiger partial charge in [0.05, 0.1) is 0 Å². The summed E-state index contributed by atoms with van der Waals surface area (Å²) in [6.45, 7) is 20.7. The van der Waals surface area contributed by atoms with Crippen molar-refractivity contribution in [3.05, 3.63) is 0 Å². The molecule has 0 aromatic carbocycles. The van der Waals surface area contributed by atoms with E-state index in [0.29, 0.717) is 0 Å². The van der Waals surface area contributed by atoms with Crippen molar-refractivity contribution in [3.63, 3.8) is 0 Å². The molecule has 18 heavy (non-hydrogen) atoms.